The van der Waals surface area contributed by atoms with Crippen molar-refractivity contribution in [3.8, 4) is 0 Å². The molecule has 0 bridgehead atoms. The van der Waals surface area contributed by atoms with Gasteiger partial charge in [-0.25, -0.2) is 4.79 Å². The van der Waals surface area contributed by atoms with Crippen LogP contribution in [0.3, 0.4) is 0 Å². The molecule has 0 aromatic heterocycles. The van der Waals surface area contributed by atoms with E-state index in [0.29, 0.717) is 6.08 Å². The van der Waals surface area contributed by atoms with Crippen molar-refractivity contribution in [2.45, 2.75) is 78.9 Å². The number of esters is 1. The van der Waals surface area contributed by atoms with Gasteiger partial charge in [0.1, 0.15) is 6.61 Å². The summed E-state index contributed by atoms with van der Waals surface area (Å²) in [4.78, 5) is 10.9. The van der Waals surface area contributed by atoms with Gasteiger partial charge in [-0.15, -0.1) is 0 Å². The van der Waals surface area contributed by atoms with Crippen molar-refractivity contribution in [1.82, 2.24) is 0 Å². The molecule has 0 radical (unpaired) electrons. The van der Waals surface area contributed by atoms with Crippen LogP contribution in [-0.2, 0) is 9.53 Å². The number of hydrogen-bond acceptors (Lipinski definition) is 3. The molecule has 0 aliphatic rings. The lowest BCUT2D eigenvalue weighted by Gasteiger charge is -2.44. The number of aliphatic hydroxyl groups excluding tert-OH is 1. The molecule has 0 aliphatic carbocycles. The molecule has 0 aromatic carbocycles. The fraction of sp³-hybridized carbons (Fsp3) is 0.824. The van der Waals surface area contributed by atoms with Gasteiger partial charge in [-0.1, -0.05) is 6.08 Å². The normalized spacial score (nSPS) is 16.8. The van der Waals surface area contributed by atoms with Crippen molar-refractivity contribution in [1.29, 1.82) is 0 Å². The maximum Gasteiger partial charge on any atom is 0.460 e. The highest BCUT2D eigenvalue weighted by atomic mass is 19.4. The fourth-order valence-electron chi connectivity index (χ4n) is 2.44. The summed E-state index contributed by atoms with van der Waals surface area (Å²) in [6.45, 7) is -0.730. The van der Waals surface area contributed by atoms with Gasteiger partial charge in [0.25, 0.3) is 0 Å². The van der Waals surface area contributed by atoms with Crippen molar-refractivity contribution in [2.75, 3.05) is 6.61 Å². The molecule has 0 fully saturated rings. The van der Waals surface area contributed by atoms with Crippen LogP contribution in [0.4, 0.5) is 92.2 Å². The lowest BCUT2D eigenvalue weighted by Crippen LogP contribution is -2.76. The number of alkyl halides is 21. The number of allylic oxidation sites excluding steroid dienone is 1. The Balaban J connectivity index is 6.74. The van der Waals surface area contributed by atoms with Crippen LogP contribution in [0.1, 0.15) is 13.3 Å². The van der Waals surface area contributed by atoms with E-state index in [0.717, 1.165) is 13.0 Å². The Morgan fingerprint density at radius 1 is 0.585 bits per heavy atom. The van der Waals surface area contributed by atoms with E-state index >= 15 is 0 Å². The summed E-state index contributed by atoms with van der Waals surface area (Å²) in [5.41, 5.74) is 0. The van der Waals surface area contributed by atoms with Gasteiger partial charge in [0, 0.05) is 12.5 Å². The molecule has 1 N–H and O–H groups in total. The molecule has 0 saturated carbocycles. The first kappa shape index (κ1) is 38.7. The topological polar surface area (TPSA) is 46.5 Å². The second-order valence-corrected chi connectivity index (χ2v) is 7.79. The minimum absolute atomic E-state index is 0.459. The molecule has 1 unspecified atom stereocenters. The SMILES string of the molecule is CC=CC(=O)OCC(O)CC(F)(F)C(F)(F)C(F)(F)C(F)(F)C(F)(F)C(F)(F)C(F)(F)C(F)(F)C(F)(F)C(F)(F)F. The van der Waals surface area contributed by atoms with Crippen molar-refractivity contribution in [3.05, 3.63) is 12.2 Å². The summed E-state index contributed by atoms with van der Waals surface area (Å²) < 4.78 is 283. The van der Waals surface area contributed by atoms with Gasteiger partial charge in [0.2, 0.25) is 0 Å². The van der Waals surface area contributed by atoms with Crippen LogP contribution in [0.15, 0.2) is 12.2 Å². The third kappa shape index (κ3) is 5.71. The standard InChI is InChI=1S/C17H11F21O3/c1-2-3-7(40)41-5-6(39)4-8(18,19)9(20,21)10(22,23)11(24,25)12(26,27)13(28,29)14(30,31)15(32,33)16(34,35)17(36,37)38/h2-3,6,39H,4-5H2,1H3. The summed E-state index contributed by atoms with van der Waals surface area (Å²) in [6, 6.07) is 0. The summed E-state index contributed by atoms with van der Waals surface area (Å²) >= 11 is 0. The second kappa shape index (κ2) is 10.8. The van der Waals surface area contributed by atoms with Gasteiger partial charge >= 0.3 is 65.4 Å². The van der Waals surface area contributed by atoms with Crippen molar-refractivity contribution in [3.63, 3.8) is 0 Å². The maximum atomic E-state index is 13.8. The first-order valence-corrected chi connectivity index (χ1v) is 9.54. The Kier molecular flexibility index (Phi) is 10.2. The van der Waals surface area contributed by atoms with Gasteiger partial charge in [-0.3, -0.25) is 0 Å². The molecule has 244 valence electrons. The smallest absolute Gasteiger partial charge is 0.460 e. The van der Waals surface area contributed by atoms with E-state index in [9.17, 15) is 97.0 Å². The van der Waals surface area contributed by atoms with E-state index in [-0.39, 0.29) is 0 Å². The highest BCUT2D eigenvalue weighted by molar-refractivity contribution is 5.81. The number of aliphatic hydroxyl groups is 1. The number of carbonyl (C=O) groups excluding carboxylic acids is 1. The molecule has 0 heterocycles. The monoisotopic (exact) mass is 662 g/mol. The molecule has 0 amide bonds. The predicted octanol–water partition coefficient (Wildman–Crippen LogP) is 7.14. The van der Waals surface area contributed by atoms with Gasteiger partial charge < -0.3 is 9.84 Å². The van der Waals surface area contributed by atoms with Crippen molar-refractivity contribution in [2.24, 2.45) is 0 Å². The average Bonchev–Trinajstić information content (AvgIpc) is 2.75. The Bertz CT molecular complexity index is 965. The van der Waals surface area contributed by atoms with Crippen LogP contribution in [0.5, 0.6) is 0 Å². The van der Waals surface area contributed by atoms with E-state index in [1.54, 1.807) is 0 Å². The zero-order valence-corrected chi connectivity index (χ0v) is 18.8. The average molecular weight is 662 g/mol. The highest BCUT2D eigenvalue weighted by Gasteiger charge is 2.97. The molecular formula is C17H11F21O3. The number of halogens is 21. The molecule has 41 heavy (non-hydrogen) atoms. The number of ether oxygens (including phenoxy) is 1. The quantitative estimate of drug-likeness (QED) is 0.130. The predicted molar refractivity (Wildman–Crippen MR) is 87.0 cm³/mol. The Morgan fingerprint density at radius 3 is 1.17 bits per heavy atom. The molecule has 0 spiro atoms. The van der Waals surface area contributed by atoms with Crippen LogP contribution >= 0.6 is 0 Å². The highest BCUT2D eigenvalue weighted by Crippen LogP contribution is 2.66. The van der Waals surface area contributed by atoms with Crippen molar-refractivity contribution < 1.29 is 107 Å². The van der Waals surface area contributed by atoms with Gasteiger partial charge in [-0.05, 0) is 6.92 Å². The minimum Gasteiger partial charge on any atom is -0.460 e. The molecule has 0 saturated heterocycles. The summed E-state index contributed by atoms with van der Waals surface area (Å²) in [6.07, 6.45) is -13.3. The van der Waals surface area contributed by atoms with E-state index in [1.807, 2.05) is 0 Å². The zero-order valence-electron chi connectivity index (χ0n) is 18.8. The fourth-order valence-corrected chi connectivity index (χ4v) is 2.44. The maximum absolute atomic E-state index is 13.8. The first-order chi connectivity index (χ1) is 17.6. The van der Waals surface area contributed by atoms with Crippen LogP contribution in [0.25, 0.3) is 0 Å². The number of carbonyl (C=O) groups is 1. The third-order valence-electron chi connectivity index (χ3n) is 4.79. The Morgan fingerprint density at radius 2 is 0.878 bits per heavy atom. The minimum atomic E-state index is -9.25. The molecule has 3 nitrogen and oxygen atoms in total. The van der Waals surface area contributed by atoms with Crippen LogP contribution in [0, 0.1) is 0 Å². The van der Waals surface area contributed by atoms with Gasteiger partial charge in [0.05, 0.1) is 6.10 Å². The second-order valence-electron chi connectivity index (χ2n) is 7.79. The summed E-state index contributed by atoms with van der Waals surface area (Å²) in [5, 5.41) is 9.10. The zero-order chi connectivity index (χ0) is 33.7. The third-order valence-corrected chi connectivity index (χ3v) is 4.79. The molecule has 1 atom stereocenters. The van der Waals surface area contributed by atoms with E-state index in [4.69, 9.17) is 5.11 Å². The Hall–Kier alpha value is -2.30. The molecular weight excluding hydrogens is 651 g/mol. The van der Waals surface area contributed by atoms with E-state index in [1.165, 1.54) is 0 Å². The number of rotatable bonds is 13. The molecule has 0 aliphatic heterocycles. The first-order valence-electron chi connectivity index (χ1n) is 9.54. The van der Waals surface area contributed by atoms with Gasteiger partial charge in [0.15, 0.2) is 0 Å². The van der Waals surface area contributed by atoms with Gasteiger partial charge in [-0.2, -0.15) is 92.2 Å². The summed E-state index contributed by atoms with van der Waals surface area (Å²) in [7, 11) is 0. The van der Waals surface area contributed by atoms with Crippen LogP contribution in [0.2, 0.25) is 0 Å². The number of hydrogen-bond donors (Lipinski definition) is 1. The van der Waals surface area contributed by atoms with E-state index < -0.39 is 84.6 Å². The summed E-state index contributed by atoms with van der Waals surface area (Å²) in [5.74, 6) is -79.6. The molecule has 24 heteroatoms. The lowest BCUT2D eigenvalue weighted by molar-refractivity contribution is -0.474. The molecule has 0 aromatic rings. The van der Waals surface area contributed by atoms with Crippen LogP contribution < -0.4 is 0 Å². The van der Waals surface area contributed by atoms with Crippen LogP contribution in [-0.4, -0.2) is 83.3 Å². The largest absolute Gasteiger partial charge is 0.460 e. The van der Waals surface area contributed by atoms with Crippen molar-refractivity contribution >= 4 is 5.97 Å². The Labute approximate surface area is 211 Å². The van der Waals surface area contributed by atoms with E-state index in [2.05, 4.69) is 4.74 Å². The molecule has 0 rings (SSSR count). The lowest BCUT2D eigenvalue weighted by atomic mass is 9.85.